The number of nitrogens with zero attached hydrogens (tertiary/aromatic N) is 4. The molecule has 1 aliphatic rings. The summed E-state index contributed by atoms with van der Waals surface area (Å²) in [6.07, 6.45) is 0. The van der Waals surface area contributed by atoms with Gasteiger partial charge in [-0.3, -0.25) is 9.79 Å². The lowest BCUT2D eigenvalue weighted by molar-refractivity contribution is -0.130. The van der Waals surface area contributed by atoms with E-state index in [1.165, 1.54) is 0 Å². The summed E-state index contributed by atoms with van der Waals surface area (Å²) < 4.78 is 0. The lowest BCUT2D eigenvalue weighted by Gasteiger charge is -2.37. The number of piperazine rings is 1. The Labute approximate surface area is 129 Å². The van der Waals surface area contributed by atoms with Gasteiger partial charge in [0.25, 0.3) is 0 Å². The molecule has 0 spiro atoms. The van der Waals surface area contributed by atoms with Crippen LogP contribution in [0.25, 0.3) is 0 Å². The molecule has 0 unspecified atom stereocenters. The molecule has 1 heterocycles. The molecule has 0 saturated carbocycles. The average molecular weight is 297 g/mol. The fraction of sp³-hybridized carbons (Fsp3) is 0.867. The largest absolute Gasteiger partial charge is 0.357 e. The summed E-state index contributed by atoms with van der Waals surface area (Å²) in [4.78, 5) is 22.5. The molecule has 6 heteroatoms. The van der Waals surface area contributed by atoms with Gasteiger partial charge in [0.15, 0.2) is 5.96 Å². The molecule has 122 valence electrons. The molecule has 0 aromatic carbocycles. The van der Waals surface area contributed by atoms with Crippen LogP contribution in [0.15, 0.2) is 4.99 Å². The number of hydrogen-bond donors (Lipinski definition) is 1. The van der Waals surface area contributed by atoms with E-state index in [0.29, 0.717) is 0 Å². The Hall–Kier alpha value is -1.30. The van der Waals surface area contributed by atoms with Gasteiger partial charge < -0.3 is 20.0 Å². The first-order chi connectivity index (χ1) is 9.77. The van der Waals surface area contributed by atoms with E-state index in [4.69, 9.17) is 4.99 Å². The lowest BCUT2D eigenvalue weighted by atomic mass is 10.1. The number of amides is 1. The predicted molar refractivity (Wildman–Crippen MR) is 87.6 cm³/mol. The van der Waals surface area contributed by atoms with Gasteiger partial charge in [-0.15, -0.1) is 0 Å². The van der Waals surface area contributed by atoms with Crippen molar-refractivity contribution in [3.63, 3.8) is 0 Å². The van der Waals surface area contributed by atoms with E-state index >= 15 is 0 Å². The SMILES string of the molecule is CCNC(=NCC(C)(C)N(C)C)N1CCN(C(C)=O)CC1. The molecule has 6 nitrogen and oxygen atoms in total. The molecule has 0 aliphatic carbocycles. The number of hydrogen-bond acceptors (Lipinski definition) is 3. The van der Waals surface area contributed by atoms with Crippen LogP contribution in [0.3, 0.4) is 0 Å². The van der Waals surface area contributed by atoms with E-state index in [2.05, 4.69) is 50.0 Å². The standard InChI is InChI=1S/C15H31N5O/c1-7-16-14(17-12-15(3,4)18(5)6)20-10-8-19(9-11-20)13(2)21/h7-12H2,1-6H3,(H,16,17). The zero-order valence-corrected chi connectivity index (χ0v) is 14.4. The van der Waals surface area contributed by atoms with Crippen LogP contribution in [-0.2, 0) is 4.79 Å². The summed E-state index contributed by atoms with van der Waals surface area (Å²) in [5.74, 6) is 1.11. The second-order valence-electron chi connectivity index (χ2n) is 6.37. The average Bonchev–Trinajstić information content (AvgIpc) is 2.43. The maximum atomic E-state index is 11.4. The summed E-state index contributed by atoms with van der Waals surface area (Å²) in [7, 11) is 4.15. The van der Waals surface area contributed by atoms with Crippen molar-refractivity contribution in [2.75, 3.05) is 53.4 Å². The summed E-state index contributed by atoms with van der Waals surface area (Å²) in [5, 5.41) is 3.36. The highest BCUT2D eigenvalue weighted by Crippen LogP contribution is 2.11. The van der Waals surface area contributed by atoms with Gasteiger partial charge in [0.05, 0.1) is 6.54 Å². The molecule has 1 N–H and O–H groups in total. The number of nitrogens with one attached hydrogen (secondary N) is 1. The van der Waals surface area contributed by atoms with Crippen molar-refractivity contribution in [2.45, 2.75) is 33.2 Å². The third-order valence-corrected chi connectivity index (χ3v) is 4.19. The maximum Gasteiger partial charge on any atom is 0.219 e. The summed E-state index contributed by atoms with van der Waals surface area (Å²) in [5.41, 5.74) is 0.0296. The van der Waals surface area contributed by atoms with Crippen molar-refractivity contribution in [3.8, 4) is 0 Å². The molecule has 0 bridgehead atoms. The van der Waals surface area contributed by atoms with Crippen LogP contribution >= 0.6 is 0 Å². The number of carbonyl (C=O) groups excluding carboxylic acids is 1. The second kappa shape index (κ2) is 7.64. The minimum atomic E-state index is 0.0296. The molecular weight excluding hydrogens is 266 g/mol. The molecule has 1 rings (SSSR count). The van der Waals surface area contributed by atoms with E-state index in [9.17, 15) is 4.79 Å². The van der Waals surface area contributed by atoms with E-state index in [1.807, 2.05) is 4.90 Å². The first-order valence-electron chi connectivity index (χ1n) is 7.74. The predicted octanol–water partition coefficient (Wildman–Crippen LogP) is 0.456. The highest BCUT2D eigenvalue weighted by atomic mass is 16.2. The van der Waals surface area contributed by atoms with Crippen LogP contribution in [0, 0.1) is 0 Å². The van der Waals surface area contributed by atoms with E-state index in [0.717, 1.165) is 45.2 Å². The summed E-state index contributed by atoms with van der Waals surface area (Å²) >= 11 is 0. The quantitative estimate of drug-likeness (QED) is 0.605. The molecular formula is C15H31N5O. The lowest BCUT2D eigenvalue weighted by Crippen LogP contribution is -2.54. The van der Waals surface area contributed by atoms with Crippen molar-refractivity contribution in [2.24, 2.45) is 4.99 Å². The Kier molecular flexibility index (Phi) is 6.45. The Morgan fingerprint density at radius 2 is 1.71 bits per heavy atom. The van der Waals surface area contributed by atoms with Gasteiger partial charge in [-0.1, -0.05) is 0 Å². The van der Waals surface area contributed by atoms with Crippen molar-refractivity contribution in [1.82, 2.24) is 20.0 Å². The summed E-state index contributed by atoms with van der Waals surface area (Å²) in [6, 6.07) is 0. The van der Waals surface area contributed by atoms with E-state index in [-0.39, 0.29) is 11.4 Å². The second-order valence-corrected chi connectivity index (χ2v) is 6.37. The fourth-order valence-corrected chi connectivity index (χ4v) is 2.07. The number of guanidine groups is 1. The molecule has 1 fully saturated rings. The number of carbonyl (C=O) groups is 1. The Morgan fingerprint density at radius 1 is 1.19 bits per heavy atom. The van der Waals surface area contributed by atoms with Crippen molar-refractivity contribution in [3.05, 3.63) is 0 Å². The number of likely N-dealkylation sites (N-methyl/N-ethyl adjacent to an activating group) is 1. The Balaban J connectivity index is 2.68. The molecule has 1 amide bonds. The van der Waals surface area contributed by atoms with Gasteiger partial charge in [0.1, 0.15) is 0 Å². The zero-order valence-electron chi connectivity index (χ0n) is 14.4. The van der Waals surface area contributed by atoms with Crippen LogP contribution in [0.4, 0.5) is 0 Å². The van der Waals surface area contributed by atoms with Gasteiger partial charge >= 0.3 is 0 Å². The first-order valence-corrected chi connectivity index (χ1v) is 7.74. The third-order valence-electron chi connectivity index (χ3n) is 4.19. The van der Waals surface area contributed by atoms with E-state index in [1.54, 1.807) is 6.92 Å². The topological polar surface area (TPSA) is 51.2 Å². The Morgan fingerprint density at radius 3 is 2.14 bits per heavy atom. The smallest absolute Gasteiger partial charge is 0.219 e. The minimum absolute atomic E-state index is 0.0296. The van der Waals surface area contributed by atoms with Crippen molar-refractivity contribution >= 4 is 11.9 Å². The minimum Gasteiger partial charge on any atom is -0.357 e. The maximum absolute atomic E-state index is 11.4. The monoisotopic (exact) mass is 297 g/mol. The van der Waals surface area contributed by atoms with Crippen molar-refractivity contribution in [1.29, 1.82) is 0 Å². The highest BCUT2D eigenvalue weighted by molar-refractivity contribution is 5.80. The third kappa shape index (κ3) is 5.19. The molecule has 21 heavy (non-hydrogen) atoms. The van der Waals surface area contributed by atoms with Crippen LogP contribution in [0.5, 0.6) is 0 Å². The van der Waals surface area contributed by atoms with Crippen LogP contribution in [0.2, 0.25) is 0 Å². The van der Waals surface area contributed by atoms with Crippen LogP contribution < -0.4 is 5.32 Å². The molecule has 0 atom stereocenters. The normalized spacial score (nSPS) is 17.4. The zero-order chi connectivity index (χ0) is 16.0. The molecule has 1 aliphatic heterocycles. The number of rotatable bonds is 4. The fourth-order valence-electron chi connectivity index (χ4n) is 2.07. The van der Waals surface area contributed by atoms with Gasteiger partial charge in [-0.2, -0.15) is 0 Å². The summed E-state index contributed by atoms with van der Waals surface area (Å²) in [6.45, 7) is 12.9. The number of aliphatic imine (C=N–C) groups is 1. The van der Waals surface area contributed by atoms with Gasteiger partial charge in [0, 0.05) is 45.2 Å². The van der Waals surface area contributed by atoms with Crippen LogP contribution in [-0.4, -0.2) is 85.5 Å². The van der Waals surface area contributed by atoms with Crippen LogP contribution in [0.1, 0.15) is 27.7 Å². The molecule has 0 aromatic rings. The van der Waals surface area contributed by atoms with Crippen molar-refractivity contribution < 1.29 is 4.79 Å². The molecule has 0 aromatic heterocycles. The highest BCUT2D eigenvalue weighted by Gasteiger charge is 2.23. The first kappa shape index (κ1) is 17.8. The van der Waals surface area contributed by atoms with Gasteiger partial charge in [-0.05, 0) is 34.9 Å². The Bertz CT molecular complexity index is 370. The van der Waals surface area contributed by atoms with E-state index < -0.39 is 0 Å². The van der Waals surface area contributed by atoms with Gasteiger partial charge in [-0.25, -0.2) is 0 Å². The van der Waals surface area contributed by atoms with Gasteiger partial charge in [0.2, 0.25) is 5.91 Å². The molecule has 1 saturated heterocycles. The molecule has 0 radical (unpaired) electrons.